The second kappa shape index (κ2) is 5.50. The van der Waals surface area contributed by atoms with Gasteiger partial charge in [0.25, 0.3) is 0 Å². The number of halogens is 1. The third kappa shape index (κ3) is 2.99. The number of aliphatic hydroxyl groups excluding tert-OH is 1. The van der Waals surface area contributed by atoms with Crippen molar-refractivity contribution in [2.45, 2.75) is 19.1 Å². The number of hydrogen-bond donors (Lipinski definition) is 2. The van der Waals surface area contributed by atoms with Crippen molar-refractivity contribution in [1.82, 2.24) is 4.98 Å². The number of carboxylic acids is 1. The molecule has 0 amide bonds. The molecule has 1 aromatic rings. The predicted molar refractivity (Wildman–Crippen MR) is 64.8 cm³/mol. The smallest absolute Gasteiger partial charge is 0.339 e. The number of rotatable bonds is 3. The highest BCUT2D eigenvalue weighted by molar-refractivity contribution is 5.93. The molecule has 2 heterocycles. The van der Waals surface area contributed by atoms with Crippen LogP contribution in [0.25, 0.3) is 0 Å². The molecule has 6 nitrogen and oxygen atoms in total. The molecule has 104 valence electrons. The summed E-state index contributed by atoms with van der Waals surface area (Å²) in [4.78, 5) is 16.7. The highest BCUT2D eigenvalue weighted by atomic mass is 19.1. The molecule has 2 rings (SSSR count). The Balaban J connectivity index is 2.32. The average molecular weight is 270 g/mol. The van der Waals surface area contributed by atoms with E-state index in [9.17, 15) is 9.18 Å². The zero-order chi connectivity index (χ0) is 14.0. The minimum atomic E-state index is -1.23. The van der Waals surface area contributed by atoms with Gasteiger partial charge < -0.3 is 19.8 Å². The van der Waals surface area contributed by atoms with Crippen LogP contribution in [0.4, 0.5) is 10.2 Å². The van der Waals surface area contributed by atoms with E-state index in [1.54, 1.807) is 4.90 Å². The molecule has 1 aliphatic heterocycles. The zero-order valence-electron chi connectivity index (χ0n) is 10.4. The van der Waals surface area contributed by atoms with Crippen molar-refractivity contribution in [3.05, 3.63) is 23.6 Å². The molecule has 7 heteroatoms. The number of morpholine rings is 1. The molecule has 2 unspecified atom stereocenters. The number of aromatic nitrogens is 1. The largest absolute Gasteiger partial charge is 0.478 e. The van der Waals surface area contributed by atoms with Gasteiger partial charge in [0.2, 0.25) is 0 Å². The summed E-state index contributed by atoms with van der Waals surface area (Å²) in [7, 11) is 0. The van der Waals surface area contributed by atoms with Crippen molar-refractivity contribution in [2.24, 2.45) is 0 Å². The molecule has 1 aliphatic rings. The first-order valence-electron chi connectivity index (χ1n) is 5.91. The molecule has 1 saturated heterocycles. The number of ether oxygens (including phenoxy) is 1. The van der Waals surface area contributed by atoms with E-state index < -0.39 is 17.9 Å². The summed E-state index contributed by atoms with van der Waals surface area (Å²) < 4.78 is 18.6. The van der Waals surface area contributed by atoms with Gasteiger partial charge in [-0.3, -0.25) is 0 Å². The molecule has 0 aromatic carbocycles. The number of pyridine rings is 1. The molecular weight excluding hydrogens is 255 g/mol. The lowest BCUT2D eigenvalue weighted by atomic mass is 10.2. The van der Waals surface area contributed by atoms with Gasteiger partial charge in [0.15, 0.2) is 0 Å². The van der Waals surface area contributed by atoms with Crippen molar-refractivity contribution in [2.75, 3.05) is 24.6 Å². The molecule has 2 atom stereocenters. The van der Waals surface area contributed by atoms with Crippen LogP contribution >= 0.6 is 0 Å². The van der Waals surface area contributed by atoms with Gasteiger partial charge in [0, 0.05) is 13.1 Å². The highest BCUT2D eigenvalue weighted by Crippen LogP contribution is 2.23. The summed E-state index contributed by atoms with van der Waals surface area (Å²) in [6.07, 6.45) is 0.409. The standard InChI is InChI=1S/C12H15FN2O4/c1-7-4-15(5-9(6-16)19-7)11-10(12(17)18)2-8(13)3-14-11/h2-3,7,9,16H,4-6H2,1H3,(H,17,18). The zero-order valence-corrected chi connectivity index (χ0v) is 10.4. The van der Waals surface area contributed by atoms with Crippen LogP contribution in [0.3, 0.4) is 0 Å². The summed E-state index contributed by atoms with van der Waals surface area (Å²) in [6.45, 7) is 2.42. The lowest BCUT2D eigenvalue weighted by Crippen LogP contribution is -2.48. The van der Waals surface area contributed by atoms with E-state index in [2.05, 4.69) is 4.98 Å². The van der Waals surface area contributed by atoms with Crippen molar-refractivity contribution < 1.29 is 24.1 Å². The maximum Gasteiger partial charge on any atom is 0.339 e. The van der Waals surface area contributed by atoms with E-state index in [1.807, 2.05) is 6.92 Å². The minimum absolute atomic E-state index is 0.162. The second-order valence-electron chi connectivity index (χ2n) is 4.49. The summed E-state index contributed by atoms with van der Waals surface area (Å²) >= 11 is 0. The highest BCUT2D eigenvalue weighted by Gasteiger charge is 2.28. The van der Waals surface area contributed by atoms with Crippen LogP contribution < -0.4 is 4.90 Å². The molecule has 19 heavy (non-hydrogen) atoms. The van der Waals surface area contributed by atoms with Gasteiger partial charge in [0.1, 0.15) is 17.2 Å². The van der Waals surface area contributed by atoms with Crippen molar-refractivity contribution in [3.8, 4) is 0 Å². The number of nitrogens with zero attached hydrogens (tertiary/aromatic N) is 2. The number of aromatic carboxylic acids is 1. The Morgan fingerprint density at radius 3 is 3.00 bits per heavy atom. The number of aliphatic hydroxyl groups is 1. The number of hydrogen-bond acceptors (Lipinski definition) is 5. The SMILES string of the molecule is CC1CN(c2ncc(F)cc2C(=O)O)CC(CO)O1. The Labute approximate surface area is 109 Å². The van der Waals surface area contributed by atoms with Crippen LogP contribution in [0.15, 0.2) is 12.3 Å². The lowest BCUT2D eigenvalue weighted by Gasteiger charge is -2.37. The Bertz CT molecular complexity index is 483. The normalized spacial score (nSPS) is 23.4. The van der Waals surface area contributed by atoms with Crippen LogP contribution in [0.2, 0.25) is 0 Å². The van der Waals surface area contributed by atoms with Crippen molar-refractivity contribution >= 4 is 11.8 Å². The summed E-state index contributed by atoms with van der Waals surface area (Å²) in [5, 5.41) is 18.2. The Hall–Kier alpha value is -1.73. The summed E-state index contributed by atoms with van der Waals surface area (Å²) in [5.74, 6) is -1.73. The average Bonchev–Trinajstić information content (AvgIpc) is 2.37. The molecular formula is C12H15FN2O4. The van der Waals surface area contributed by atoms with E-state index in [-0.39, 0.29) is 24.1 Å². The van der Waals surface area contributed by atoms with Crippen LogP contribution in [-0.2, 0) is 4.74 Å². The Morgan fingerprint density at radius 1 is 1.63 bits per heavy atom. The van der Waals surface area contributed by atoms with Crippen LogP contribution in [0, 0.1) is 5.82 Å². The van der Waals surface area contributed by atoms with Gasteiger partial charge in [-0.25, -0.2) is 14.2 Å². The van der Waals surface area contributed by atoms with Gasteiger partial charge in [-0.15, -0.1) is 0 Å². The minimum Gasteiger partial charge on any atom is -0.478 e. The van der Waals surface area contributed by atoms with E-state index in [1.165, 1.54) is 0 Å². The maximum absolute atomic E-state index is 13.1. The van der Waals surface area contributed by atoms with Crippen LogP contribution in [0.1, 0.15) is 17.3 Å². The molecule has 1 fully saturated rings. The number of carboxylic acid groups (broad SMARTS) is 1. The number of anilines is 1. The summed E-state index contributed by atoms with van der Waals surface area (Å²) in [6, 6.07) is 0.943. The quantitative estimate of drug-likeness (QED) is 0.832. The van der Waals surface area contributed by atoms with Gasteiger partial charge in [-0.05, 0) is 13.0 Å². The van der Waals surface area contributed by atoms with Gasteiger partial charge in [0.05, 0.1) is 25.0 Å². The molecule has 0 bridgehead atoms. The van der Waals surface area contributed by atoms with Gasteiger partial charge in [-0.1, -0.05) is 0 Å². The first-order valence-corrected chi connectivity index (χ1v) is 5.91. The van der Waals surface area contributed by atoms with Gasteiger partial charge in [-0.2, -0.15) is 0 Å². The van der Waals surface area contributed by atoms with E-state index in [0.29, 0.717) is 13.1 Å². The fourth-order valence-corrected chi connectivity index (χ4v) is 2.16. The molecule has 0 radical (unpaired) electrons. The molecule has 0 aliphatic carbocycles. The second-order valence-corrected chi connectivity index (χ2v) is 4.49. The molecule has 1 aromatic heterocycles. The Morgan fingerprint density at radius 2 is 2.37 bits per heavy atom. The first kappa shape index (κ1) is 13.7. The van der Waals surface area contributed by atoms with Crippen molar-refractivity contribution in [1.29, 1.82) is 0 Å². The third-order valence-corrected chi connectivity index (χ3v) is 2.89. The van der Waals surface area contributed by atoms with E-state index in [4.69, 9.17) is 14.9 Å². The van der Waals surface area contributed by atoms with E-state index >= 15 is 0 Å². The summed E-state index contributed by atoms with van der Waals surface area (Å²) in [5.41, 5.74) is -0.189. The van der Waals surface area contributed by atoms with E-state index in [0.717, 1.165) is 12.3 Å². The number of carbonyl (C=O) groups is 1. The molecule has 2 N–H and O–H groups in total. The third-order valence-electron chi connectivity index (χ3n) is 2.89. The predicted octanol–water partition coefficient (Wildman–Crippen LogP) is 0.505. The fourth-order valence-electron chi connectivity index (χ4n) is 2.16. The first-order chi connectivity index (χ1) is 9.01. The lowest BCUT2D eigenvalue weighted by molar-refractivity contribution is -0.0423. The fraction of sp³-hybridized carbons (Fsp3) is 0.500. The van der Waals surface area contributed by atoms with Gasteiger partial charge >= 0.3 is 5.97 Å². The van der Waals surface area contributed by atoms with Crippen LogP contribution in [0.5, 0.6) is 0 Å². The monoisotopic (exact) mass is 270 g/mol. The molecule has 0 saturated carbocycles. The van der Waals surface area contributed by atoms with Crippen molar-refractivity contribution in [3.63, 3.8) is 0 Å². The molecule has 0 spiro atoms. The Kier molecular flexibility index (Phi) is 3.96. The topological polar surface area (TPSA) is 82.9 Å². The maximum atomic E-state index is 13.1. The van der Waals surface area contributed by atoms with Crippen LogP contribution in [-0.4, -0.2) is 53.1 Å².